The number of hydrogen-bond donors (Lipinski definition) is 2. The molecule has 0 radical (unpaired) electrons. The van der Waals surface area contributed by atoms with Crippen molar-refractivity contribution in [3.8, 4) is 0 Å². The van der Waals surface area contributed by atoms with Crippen molar-refractivity contribution >= 4 is 5.91 Å². The van der Waals surface area contributed by atoms with Gasteiger partial charge in [-0.25, -0.2) is 0 Å². The monoisotopic (exact) mass is 254 g/mol. The molecular weight excluding hydrogens is 228 g/mol. The maximum Gasteiger partial charge on any atom is 0.236 e. The SMILES string of the molecule is CC1CCC(CO)(NCC(=O)N(C)C2CC2)CC1. The number of aliphatic hydroxyl groups is 1. The topological polar surface area (TPSA) is 52.6 Å². The van der Waals surface area contributed by atoms with Gasteiger partial charge in [-0.1, -0.05) is 6.92 Å². The molecule has 0 aromatic carbocycles. The van der Waals surface area contributed by atoms with Gasteiger partial charge in [-0.3, -0.25) is 4.79 Å². The number of rotatable bonds is 5. The second-order valence-electron chi connectivity index (χ2n) is 6.21. The van der Waals surface area contributed by atoms with E-state index >= 15 is 0 Å². The fraction of sp³-hybridized carbons (Fsp3) is 0.929. The van der Waals surface area contributed by atoms with Crippen LogP contribution in [0.2, 0.25) is 0 Å². The normalized spacial score (nSPS) is 32.3. The highest BCUT2D eigenvalue weighted by Crippen LogP contribution is 2.31. The maximum atomic E-state index is 12.0. The van der Waals surface area contributed by atoms with Gasteiger partial charge in [0.05, 0.1) is 13.2 Å². The van der Waals surface area contributed by atoms with Gasteiger partial charge in [0, 0.05) is 18.6 Å². The molecule has 0 heterocycles. The molecule has 0 aromatic heterocycles. The fourth-order valence-electron chi connectivity index (χ4n) is 2.76. The average Bonchev–Trinajstić information content (AvgIpc) is 3.22. The second-order valence-corrected chi connectivity index (χ2v) is 6.21. The van der Waals surface area contributed by atoms with Crippen LogP contribution < -0.4 is 5.32 Å². The van der Waals surface area contributed by atoms with Crippen molar-refractivity contribution in [2.45, 2.75) is 57.0 Å². The highest BCUT2D eigenvalue weighted by molar-refractivity contribution is 5.78. The lowest BCUT2D eigenvalue weighted by molar-refractivity contribution is -0.130. The first-order chi connectivity index (χ1) is 8.56. The van der Waals surface area contributed by atoms with Gasteiger partial charge in [-0.05, 0) is 44.4 Å². The van der Waals surface area contributed by atoms with E-state index < -0.39 is 0 Å². The largest absolute Gasteiger partial charge is 0.394 e. The Morgan fingerprint density at radius 2 is 1.94 bits per heavy atom. The molecule has 0 aromatic rings. The van der Waals surface area contributed by atoms with Crippen molar-refractivity contribution in [3.05, 3.63) is 0 Å². The molecule has 104 valence electrons. The number of hydrogen-bond acceptors (Lipinski definition) is 3. The van der Waals surface area contributed by atoms with Crippen LogP contribution in [0.1, 0.15) is 45.4 Å². The van der Waals surface area contributed by atoms with Crippen molar-refractivity contribution < 1.29 is 9.90 Å². The van der Waals surface area contributed by atoms with Crippen molar-refractivity contribution in [2.24, 2.45) is 5.92 Å². The molecule has 2 fully saturated rings. The third kappa shape index (κ3) is 3.23. The Morgan fingerprint density at radius 1 is 1.33 bits per heavy atom. The zero-order valence-corrected chi connectivity index (χ0v) is 11.6. The van der Waals surface area contributed by atoms with Crippen LogP contribution in [0.5, 0.6) is 0 Å². The molecule has 0 saturated heterocycles. The third-order valence-electron chi connectivity index (χ3n) is 4.64. The second kappa shape index (κ2) is 5.57. The summed E-state index contributed by atoms with van der Waals surface area (Å²) in [7, 11) is 1.89. The zero-order chi connectivity index (χ0) is 13.2. The molecule has 1 amide bonds. The minimum absolute atomic E-state index is 0.139. The number of aliphatic hydroxyl groups excluding tert-OH is 1. The molecule has 2 rings (SSSR count). The summed E-state index contributed by atoms with van der Waals surface area (Å²) in [6.07, 6.45) is 6.52. The lowest BCUT2D eigenvalue weighted by Crippen LogP contribution is -2.54. The number of nitrogens with one attached hydrogen (secondary N) is 1. The first kappa shape index (κ1) is 13.8. The van der Waals surface area contributed by atoms with Crippen molar-refractivity contribution in [1.29, 1.82) is 0 Å². The summed E-state index contributed by atoms with van der Waals surface area (Å²) in [5.74, 6) is 0.903. The van der Waals surface area contributed by atoms with Gasteiger partial charge in [-0.15, -0.1) is 0 Å². The van der Waals surface area contributed by atoms with Crippen LogP contribution >= 0.6 is 0 Å². The van der Waals surface area contributed by atoms with Crippen LogP contribution in [0.25, 0.3) is 0 Å². The maximum absolute atomic E-state index is 12.0. The van der Waals surface area contributed by atoms with Crippen molar-refractivity contribution in [2.75, 3.05) is 20.2 Å². The van der Waals surface area contributed by atoms with E-state index in [2.05, 4.69) is 12.2 Å². The molecular formula is C14H26N2O2. The van der Waals surface area contributed by atoms with Gasteiger partial charge in [0.1, 0.15) is 0 Å². The van der Waals surface area contributed by atoms with Crippen LogP contribution in [-0.2, 0) is 4.79 Å². The number of nitrogens with zero attached hydrogens (tertiary/aromatic N) is 1. The highest BCUT2D eigenvalue weighted by atomic mass is 16.3. The molecule has 0 spiro atoms. The standard InChI is InChI=1S/C14H26N2O2/c1-11-5-7-14(10-17,8-6-11)15-9-13(18)16(2)12-3-4-12/h11-12,15,17H,3-10H2,1-2H3. The van der Waals surface area contributed by atoms with E-state index in [1.807, 2.05) is 11.9 Å². The van der Waals surface area contributed by atoms with Crippen LogP contribution in [-0.4, -0.2) is 47.7 Å². The predicted octanol–water partition coefficient (Wildman–Crippen LogP) is 1.14. The molecule has 0 atom stereocenters. The lowest BCUT2D eigenvalue weighted by atomic mass is 9.77. The molecule has 0 unspecified atom stereocenters. The van der Waals surface area contributed by atoms with Gasteiger partial charge < -0.3 is 15.3 Å². The average molecular weight is 254 g/mol. The van der Waals surface area contributed by atoms with E-state index in [9.17, 15) is 9.90 Å². The predicted molar refractivity (Wildman–Crippen MR) is 71.2 cm³/mol. The van der Waals surface area contributed by atoms with Gasteiger partial charge in [0.15, 0.2) is 0 Å². The molecule has 4 heteroatoms. The molecule has 18 heavy (non-hydrogen) atoms. The minimum Gasteiger partial charge on any atom is -0.394 e. The molecule has 2 aliphatic carbocycles. The summed E-state index contributed by atoms with van der Waals surface area (Å²) in [4.78, 5) is 13.8. The van der Waals surface area contributed by atoms with Crippen LogP contribution in [0.15, 0.2) is 0 Å². The molecule has 4 nitrogen and oxygen atoms in total. The number of carbonyl (C=O) groups is 1. The molecule has 2 N–H and O–H groups in total. The zero-order valence-electron chi connectivity index (χ0n) is 11.6. The Balaban J connectivity index is 1.81. The van der Waals surface area contributed by atoms with E-state index in [1.54, 1.807) is 0 Å². The van der Waals surface area contributed by atoms with Crippen molar-refractivity contribution in [3.63, 3.8) is 0 Å². The summed E-state index contributed by atoms with van der Waals surface area (Å²) in [5, 5.41) is 12.9. The summed E-state index contributed by atoms with van der Waals surface area (Å²) >= 11 is 0. The summed E-state index contributed by atoms with van der Waals surface area (Å²) in [6.45, 7) is 2.76. The molecule has 2 saturated carbocycles. The first-order valence-electron chi connectivity index (χ1n) is 7.18. The third-order valence-corrected chi connectivity index (χ3v) is 4.64. The van der Waals surface area contributed by atoms with E-state index in [-0.39, 0.29) is 18.1 Å². The van der Waals surface area contributed by atoms with Crippen LogP contribution in [0.3, 0.4) is 0 Å². The van der Waals surface area contributed by atoms with Gasteiger partial charge in [0.25, 0.3) is 0 Å². The lowest BCUT2D eigenvalue weighted by Gasteiger charge is -2.39. The first-order valence-corrected chi connectivity index (χ1v) is 7.18. The molecule has 2 aliphatic rings. The van der Waals surface area contributed by atoms with E-state index in [1.165, 1.54) is 0 Å². The minimum atomic E-state index is -0.216. The smallest absolute Gasteiger partial charge is 0.236 e. The summed E-state index contributed by atoms with van der Waals surface area (Å²) < 4.78 is 0. The van der Waals surface area contributed by atoms with Crippen molar-refractivity contribution in [1.82, 2.24) is 10.2 Å². The Bertz CT molecular complexity index is 294. The number of likely N-dealkylation sites (N-methyl/N-ethyl adjacent to an activating group) is 1. The Morgan fingerprint density at radius 3 is 2.44 bits per heavy atom. The van der Waals surface area contributed by atoms with Gasteiger partial charge in [-0.2, -0.15) is 0 Å². The fourth-order valence-corrected chi connectivity index (χ4v) is 2.76. The summed E-state index contributed by atoms with van der Waals surface area (Å²) in [5.41, 5.74) is -0.216. The Kier molecular flexibility index (Phi) is 4.28. The van der Waals surface area contributed by atoms with Crippen LogP contribution in [0, 0.1) is 5.92 Å². The Hall–Kier alpha value is -0.610. The highest BCUT2D eigenvalue weighted by Gasteiger charge is 2.35. The van der Waals surface area contributed by atoms with E-state index in [4.69, 9.17) is 0 Å². The van der Waals surface area contributed by atoms with Crippen LogP contribution in [0.4, 0.5) is 0 Å². The van der Waals surface area contributed by atoms with E-state index in [0.717, 1.165) is 44.4 Å². The quantitative estimate of drug-likeness (QED) is 0.773. The molecule has 0 aliphatic heterocycles. The molecule has 0 bridgehead atoms. The Labute approximate surface area is 110 Å². The number of amides is 1. The summed E-state index contributed by atoms with van der Waals surface area (Å²) in [6, 6.07) is 0.468. The van der Waals surface area contributed by atoms with Gasteiger partial charge in [0.2, 0.25) is 5.91 Å². The van der Waals surface area contributed by atoms with Gasteiger partial charge >= 0.3 is 0 Å². The van der Waals surface area contributed by atoms with E-state index in [0.29, 0.717) is 12.6 Å². The number of carbonyl (C=O) groups excluding carboxylic acids is 1.